The van der Waals surface area contributed by atoms with Gasteiger partial charge in [0.05, 0.1) is 11.5 Å². The number of carbonyl (C=O) groups excluding carboxylic acids is 1. The lowest BCUT2D eigenvalue weighted by molar-refractivity contribution is -0.126. The molecule has 0 aromatic heterocycles. The number of nitrogens with zero attached hydrogens (tertiary/aromatic N) is 2. The Hall–Kier alpha value is -1.11. The van der Waals surface area contributed by atoms with Crippen LogP contribution in [0, 0.1) is 5.92 Å². The van der Waals surface area contributed by atoms with E-state index in [2.05, 4.69) is 9.98 Å². The fourth-order valence-electron chi connectivity index (χ4n) is 1.29. The molecule has 2 aliphatic heterocycles. The lowest BCUT2D eigenvalue weighted by Crippen LogP contribution is -2.18. The number of carbonyl (C=O) groups is 1. The maximum Gasteiger partial charge on any atom is 0.393 e. The van der Waals surface area contributed by atoms with Crippen LogP contribution >= 0.6 is 11.8 Å². The number of thioether (sulfide) groups is 1. The normalized spacial score (nSPS) is 25.0. The van der Waals surface area contributed by atoms with Crippen molar-refractivity contribution in [2.45, 2.75) is 12.6 Å². The predicted octanol–water partition coefficient (Wildman–Crippen LogP) is 2.15. The van der Waals surface area contributed by atoms with Crippen molar-refractivity contribution in [1.82, 2.24) is 0 Å². The number of halogens is 3. The van der Waals surface area contributed by atoms with Gasteiger partial charge >= 0.3 is 6.18 Å². The van der Waals surface area contributed by atoms with Gasteiger partial charge in [-0.1, -0.05) is 17.8 Å². The molecule has 0 saturated heterocycles. The number of aliphatic imine (C=N–C) groups is 2. The van der Waals surface area contributed by atoms with Crippen molar-refractivity contribution < 1.29 is 18.0 Å². The average Bonchev–Trinajstić information content (AvgIpc) is 2.45. The molecular weight excluding hydrogens is 229 g/mol. The molecule has 80 valence electrons. The van der Waals surface area contributed by atoms with E-state index in [4.69, 9.17) is 0 Å². The molecule has 7 heteroatoms. The summed E-state index contributed by atoms with van der Waals surface area (Å²) in [6.07, 6.45) is -2.90. The van der Waals surface area contributed by atoms with Crippen molar-refractivity contribution in [3.8, 4) is 0 Å². The Kier molecular flexibility index (Phi) is 2.41. The zero-order valence-corrected chi connectivity index (χ0v) is 8.10. The van der Waals surface area contributed by atoms with Crippen LogP contribution in [0.5, 0.6) is 0 Å². The van der Waals surface area contributed by atoms with Gasteiger partial charge in [-0.3, -0.25) is 4.79 Å². The molecule has 0 spiro atoms. The zero-order valence-electron chi connectivity index (χ0n) is 7.28. The minimum Gasteiger partial charge on any atom is -0.271 e. The smallest absolute Gasteiger partial charge is 0.271 e. The van der Waals surface area contributed by atoms with E-state index in [1.165, 1.54) is 6.08 Å². The molecule has 15 heavy (non-hydrogen) atoms. The lowest BCUT2D eigenvalue weighted by atomic mass is 10.1. The summed E-state index contributed by atoms with van der Waals surface area (Å²) in [5, 5.41) is 0.384. The molecule has 3 nitrogen and oxygen atoms in total. The Morgan fingerprint density at radius 1 is 1.47 bits per heavy atom. The molecule has 1 atom stereocenters. The van der Waals surface area contributed by atoms with Gasteiger partial charge in [-0.25, -0.2) is 9.98 Å². The molecule has 0 bridgehead atoms. The Bertz CT molecular complexity index is 397. The molecule has 2 rings (SSSR count). The van der Waals surface area contributed by atoms with Crippen molar-refractivity contribution in [3.63, 3.8) is 0 Å². The minimum atomic E-state index is -4.25. The van der Waals surface area contributed by atoms with Crippen LogP contribution < -0.4 is 0 Å². The largest absolute Gasteiger partial charge is 0.393 e. The molecule has 0 aliphatic carbocycles. The molecule has 0 aromatic rings. The topological polar surface area (TPSA) is 41.8 Å². The van der Waals surface area contributed by atoms with Crippen LogP contribution in [0.25, 0.3) is 0 Å². The highest BCUT2D eigenvalue weighted by atomic mass is 32.2. The first-order valence-electron chi connectivity index (χ1n) is 4.05. The summed E-state index contributed by atoms with van der Waals surface area (Å²) in [6, 6.07) is 0. The third-order valence-electron chi connectivity index (χ3n) is 1.86. The van der Waals surface area contributed by atoms with Gasteiger partial charge in [0, 0.05) is 0 Å². The van der Waals surface area contributed by atoms with Crippen molar-refractivity contribution in [2.75, 3.05) is 0 Å². The first-order chi connectivity index (χ1) is 6.96. The molecule has 0 aromatic carbocycles. The summed E-state index contributed by atoms with van der Waals surface area (Å²) in [4.78, 5) is 18.5. The third-order valence-corrected chi connectivity index (χ3v) is 2.98. The monoisotopic (exact) mass is 234 g/mol. The van der Waals surface area contributed by atoms with E-state index in [0.29, 0.717) is 5.04 Å². The number of hydrogen-bond donors (Lipinski definition) is 0. The predicted molar refractivity (Wildman–Crippen MR) is 50.8 cm³/mol. The molecule has 2 heterocycles. The molecule has 0 radical (unpaired) electrons. The second kappa shape index (κ2) is 3.48. The number of fused-ring (bicyclic) bond motifs is 1. The van der Waals surface area contributed by atoms with E-state index >= 15 is 0 Å². The fourth-order valence-corrected chi connectivity index (χ4v) is 2.39. The zero-order chi connectivity index (χ0) is 11.1. The van der Waals surface area contributed by atoms with E-state index in [1.807, 2.05) is 0 Å². The van der Waals surface area contributed by atoms with Crippen molar-refractivity contribution in [2.24, 2.45) is 15.9 Å². The van der Waals surface area contributed by atoms with Gasteiger partial charge in [0.1, 0.15) is 12.3 Å². The maximum absolute atomic E-state index is 12.1. The third kappa shape index (κ3) is 2.28. The van der Waals surface area contributed by atoms with Gasteiger partial charge in [-0.15, -0.1) is 0 Å². The highest BCUT2D eigenvalue weighted by Gasteiger charge is 2.37. The van der Waals surface area contributed by atoms with Crippen LogP contribution in [0.15, 0.2) is 21.0 Å². The highest BCUT2D eigenvalue weighted by molar-refractivity contribution is 8.17. The molecule has 1 unspecified atom stereocenters. The standard InChI is InChI=1S/C8H5F3N2OS/c9-8(10,11)2-4-1-5-6(14)12-3-13-7(5)15-4/h1,3,5H,2H2. The second-order valence-electron chi connectivity index (χ2n) is 3.05. The summed E-state index contributed by atoms with van der Waals surface area (Å²) in [6.45, 7) is 0. The van der Waals surface area contributed by atoms with Gasteiger partial charge in [-0.2, -0.15) is 13.2 Å². The van der Waals surface area contributed by atoms with Gasteiger partial charge in [0.2, 0.25) is 0 Å². The number of hydrogen-bond acceptors (Lipinski definition) is 3. The van der Waals surface area contributed by atoms with E-state index in [0.717, 1.165) is 18.1 Å². The minimum absolute atomic E-state index is 0.116. The van der Waals surface area contributed by atoms with Crippen LogP contribution in [0.3, 0.4) is 0 Å². The van der Waals surface area contributed by atoms with Crippen LogP contribution in [-0.4, -0.2) is 23.5 Å². The van der Waals surface area contributed by atoms with Crippen LogP contribution in [0.1, 0.15) is 6.42 Å². The molecule has 2 aliphatic rings. The average molecular weight is 234 g/mol. The summed E-state index contributed by atoms with van der Waals surface area (Å²) in [5.74, 6) is -1.15. The van der Waals surface area contributed by atoms with Crippen LogP contribution in [0.2, 0.25) is 0 Å². The molecule has 1 amide bonds. The van der Waals surface area contributed by atoms with Gasteiger partial charge < -0.3 is 0 Å². The van der Waals surface area contributed by atoms with Crippen molar-refractivity contribution in [3.05, 3.63) is 11.0 Å². The Labute approximate surface area is 87.2 Å². The van der Waals surface area contributed by atoms with Gasteiger partial charge in [0.15, 0.2) is 0 Å². The maximum atomic E-state index is 12.1. The Morgan fingerprint density at radius 3 is 2.80 bits per heavy atom. The number of allylic oxidation sites excluding steroid dienone is 1. The summed E-state index contributed by atoms with van der Waals surface area (Å²) in [5.41, 5.74) is 0. The van der Waals surface area contributed by atoms with Crippen molar-refractivity contribution in [1.29, 1.82) is 0 Å². The summed E-state index contributed by atoms with van der Waals surface area (Å²) < 4.78 is 36.2. The number of amides is 1. The quantitative estimate of drug-likeness (QED) is 0.697. The van der Waals surface area contributed by atoms with Crippen molar-refractivity contribution >= 4 is 29.1 Å². The molecule has 0 fully saturated rings. The Balaban J connectivity index is 2.15. The molecular formula is C8H5F3N2OS. The molecule has 0 N–H and O–H groups in total. The van der Waals surface area contributed by atoms with Gasteiger partial charge in [0.25, 0.3) is 5.91 Å². The van der Waals surface area contributed by atoms with E-state index in [9.17, 15) is 18.0 Å². The number of rotatable bonds is 1. The summed E-state index contributed by atoms with van der Waals surface area (Å²) >= 11 is 0.904. The second-order valence-corrected chi connectivity index (χ2v) is 4.20. The highest BCUT2D eigenvalue weighted by Crippen LogP contribution is 2.40. The van der Waals surface area contributed by atoms with E-state index < -0.39 is 24.4 Å². The van der Waals surface area contributed by atoms with E-state index in [1.54, 1.807) is 0 Å². The first kappa shape index (κ1) is 10.4. The fraction of sp³-hybridized carbons (Fsp3) is 0.375. The first-order valence-corrected chi connectivity index (χ1v) is 4.87. The Morgan fingerprint density at radius 2 is 2.20 bits per heavy atom. The van der Waals surface area contributed by atoms with Gasteiger partial charge in [-0.05, 0) is 4.91 Å². The number of alkyl halides is 3. The lowest BCUT2D eigenvalue weighted by Gasteiger charge is -2.06. The van der Waals surface area contributed by atoms with Crippen LogP contribution in [0.4, 0.5) is 13.2 Å². The molecule has 0 saturated carbocycles. The SMILES string of the molecule is O=C1N=CN=C2SC(CC(F)(F)F)=CC12. The van der Waals surface area contributed by atoms with Crippen LogP contribution in [-0.2, 0) is 4.79 Å². The van der Waals surface area contributed by atoms with E-state index in [-0.39, 0.29) is 4.91 Å². The summed E-state index contributed by atoms with van der Waals surface area (Å²) in [7, 11) is 0.